The Balaban J connectivity index is 2.16. The zero-order valence-electron chi connectivity index (χ0n) is 19.8. The summed E-state index contributed by atoms with van der Waals surface area (Å²) in [6, 6.07) is -0.198. The van der Waals surface area contributed by atoms with E-state index < -0.39 is 36.6 Å². The van der Waals surface area contributed by atoms with E-state index >= 15 is 0 Å². The van der Waals surface area contributed by atoms with Crippen molar-refractivity contribution in [2.45, 2.75) is 75.8 Å². The average Bonchev–Trinajstić information content (AvgIpc) is 2.76. The van der Waals surface area contributed by atoms with Crippen LogP contribution in [-0.2, 0) is 9.53 Å². The van der Waals surface area contributed by atoms with Crippen LogP contribution in [0.4, 0.5) is 0 Å². The minimum absolute atomic E-state index is 0.113. The molecule has 0 aromatic rings. The van der Waals surface area contributed by atoms with Crippen molar-refractivity contribution in [3.05, 3.63) is 84.6 Å². The highest BCUT2D eigenvalue weighted by atomic mass is 16.5. The van der Waals surface area contributed by atoms with E-state index in [4.69, 9.17) is 4.74 Å². The van der Waals surface area contributed by atoms with Gasteiger partial charge in [0.1, 0.15) is 12.2 Å². The van der Waals surface area contributed by atoms with Crippen molar-refractivity contribution in [2.75, 3.05) is 0 Å². The fourth-order valence-corrected chi connectivity index (χ4v) is 3.66. The molecule has 1 saturated heterocycles. The van der Waals surface area contributed by atoms with Crippen molar-refractivity contribution in [1.82, 2.24) is 5.32 Å². The van der Waals surface area contributed by atoms with Gasteiger partial charge in [-0.05, 0) is 26.7 Å². The Morgan fingerprint density at radius 1 is 0.853 bits per heavy atom. The molecule has 7 nitrogen and oxygen atoms in total. The molecule has 2 heterocycles. The predicted octanol–water partition coefficient (Wildman–Crippen LogP) is 2.17. The zero-order chi connectivity index (χ0) is 24.9. The maximum Gasteiger partial charge on any atom is 0.244 e. The first-order chi connectivity index (χ1) is 16.3. The first kappa shape index (κ1) is 27.7. The molecule has 186 valence electrons. The number of carbonyl (C=O) groups excluding carboxylic acids is 1. The van der Waals surface area contributed by atoms with Crippen molar-refractivity contribution in [2.24, 2.45) is 0 Å². The number of allylic oxidation sites excluding steroid dienone is 10. The van der Waals surface area contributed by atoms with E-state index in [1.165, 1.54) is 6.08 Å². The summed E-state index contributed by atoms with van der Waals surface area (Å²) in [4.78, 5) is 12.0. The third-order valence-electron chi connectivity index (χ3n) is 5.48. The lowest BCUT2D eigenvalue weighted by atomic mass is 9.93. The molecule has 2 aliphatic rings. The van der Waals surface area contributed by atoms with Crippen LogP contribution in [0.15, 0.2) is 84.6 Å². The van der Waals surface area contributed by atoms with Gasteiger partial charge in [0.25, 0.3) is 0 Å². The lowest BCUT2D eigenvalue weighted by Gasteiger charge is -2.38. The van der Waals surface area contributed by atoms with Crippen molar-refractivity contribution < 1.29 is 30.0 Å². The summed E-state index contributed by atoms with van der Waals surface area (Å²) in [7, 11) is 0. The van der Waals surface area contributed by atoms with Crippen molar-refractivity contribution in [1.29, 1.82) is 0 Å². The number of ether oxygens (including phenoxy) is 1. The highest BCUT2D eigenvalue weighted by molar-refractivity contribution is 5.87. The fraction of sp³-hybridized carbons (Fsp3) is 0.444. The Morgan fingerprint density at radius 3 is 2.38 bits per heavy atom. The smallest absolute Gasteiger partial charge is 0.244 e. The van der Waals surface area contributed by atoms with E-state index in [9.17, 15) is 25.2 Å². The summed E-state index contributed by atoms with van der Waals surface area (Å²) in [5.41, 5.74) is 0.942. The quantitative estimate of drug-likeness (QED) is 0.369. The van der Waals surface area contributed by atoms with E-state index in [2.05, 4.69) is 5.32 Å². The summed E-state index contributed by atoms with van der Waals surface area (Å²) in [5, 5.41) is 44.0. The monoisotopic (exact) mass is 471 g/mol. The fourth-order valence-electron chi connectivity index (χ4n) is 3.66. The SMILES string of the molecule is CC1=CC=C[C@@H]2O[C@H]([C@H](O)CC=CC=CC=CC(=O)N[C@@H](C)C[C@@H](O)C=CC=C1)[C@@H](O)C[C@H]2O. The van der Waals surface area contributed by atoms with Crippen molar-refractivity contribution in [3.63, 3.8) is 0 Å². The maximum absolute atomic E-state index is 12.0. The number of hydrogen-bond acceptors (Lipinski definition) is 6. The molecule has 1 fully saturated rings. The number of nitrogens with one attached hydrogen (secondary N) is 1. The maximum atomic E-state index is 12.0. The predicted molar refractivity (Wildman–Crippen MR) is 133 cm³/mol. The van der Waals surface area contributed by atoms with E-state index in [1.54, 1.807) is 54.7 Å². The highest BCUT2D eigenvalue weighted by Gasteiger charge is 2.38. The second kappa shape index (κ2) is 14.7. The van der Waals surface area contributed by atoms with Crippen LogP contribution in [0.1, 0.15) is 33.1 Å². The minimum Gasteiger partial charge on any atom is -0.390 e. The normalized spacial score (nSPS) is 34.4. The molecule has 0 aliphatic carbocycles. The van der Waals surface area contributed by atoms with E-state index in [1.807, 2.05) is 32.1 Å². The molecule has 0 spiro atoms. The zero-order valence-corrected chi connectivity index (χ0v) is 19.8. The summed E-state index contributed by atoms with van der Waals surface area (Å²) < 4.78 is 5.80. The molecule has 0 radical (unpaired) electrons. The summed E-state index contributed by atoms with van der Waals surface area (Å²) in [6.07, 6.45) is 18.2. The van der Waals surface area contributed by atoms with Gasteiger partial charge in [0.05, 0.1) is 24.4 Å². The second-order valence-electron chi connectivity index (χ2n) is 8.66. The van der Waals surface area contributed by atoms with Gasteiger partial charge < -0.3 is 30.5 Å². The molecule has 34 heavy (non-hydrogen) atoms. The van der Waals surface area contributed by atoms with E-state index in [0.29, 0.717) is 6.42 Å². The van der Waals surface area contributed by atoms with Gasteiger partial charge in [-0.15, -0.1) is 0 Å². The topological polar surface area (TPSA) is 119 Å². The standard InChI is InChI=1S/C27H37NO6/c1-19-11-8-9-13-21(29)17-20(2)28-26(33)16-7-5-3-4-6-14-22(30)27-24(32)18-23(31)25(34-27)15-10-12-19/h3-13,15-16,20-25,27,29-32H,14,17-18H2,1-2H3,(H,28,33)/t20-,21-,22+,23+,24-,25-,27+/m0/s1. The Bertz CT molecular complexity index is 853. The Hall–Kier alpha value is -2.55. The minimum atomic E-state index is -0.969. The molecule has 0 aromatic carbocycles. The molecule has 0 saturated carbocycles. The molecule has 2 bridgehead atoms. The van der Waals surface area contributed by atoms with Crippen LogP contribution in [0, 0.1) is 0 Å². The largest absolute Gasteiger partial charge is 0.390 e. The van der Waals surface area contributed by atoms with Crippen LogP contribution in [-0.4, -0.2) is 69.0 Å². The number of aliphatic hydroxyl groups is 4. The molecule has 5 N–H and O–H groups in total. The van der Waals surface area contributed by atoms with Crippen LogP contribution in [0.3, 0.4) is 0 Å². The van der Waals surface area contributed by atoms with Crippen LogP contribution in [0.25, 0.3) is 0 Å². The Morgan fingerprint density at radius 2 is 1.59 bits per heavy atom. The van der Waals surface area contributed by atoms with Crippen molar-refractivity contribution in [3.8, 4) is 0 Å². The van der Waals surface area contributed by atoms with Gasteiger partial charge in [-0.1, -0.05) is 78.5 Å². The molecule has 2 rings (SSSR count). The Kier molecular flexibility index (Phi) is 11.9. The third-order valence-corrected chi connectivity index (χ3v) is 5.48. The number of aliphatic hydroxyl groups excluding tert-OH is 4. The number of amides is 1. The number of rotatable bonds is 0. The van der Waals surface area contributed by atoms with Crippen LogP contribution < -0.4 is 5.32 Å². The number of fused-ring (bicyclic) bond motifs is 2. The molecule has 2 aliphatic heterocycles. The van der Waals surface area contributed by atoms with Crippen LogP contribution in [0.5, 0.6) is 0 Å². The highest BCUT2D eigenvalue weighted by Crippen LogP contribution is 2.25. The lowest BCUT2D eigenvalue weighted by molar-refractivity contribution is -0.183. The van der Waals surface area contributed by atoms with E-state index in [0.717, 1.165) is 5.57 Å². The first-order valence-corrected chi connectivity index (χ1v) is 11.6. The summed E-state index contributed by atoms with van der Waals surface area (Å²) >= 11 is 0. The van der Waals surface area contributed by atoms with Gasteiger partial charge in [-0.2, -0.15) is 0 Å². The number of hydrogen-bond donors (Lipinski definition) is 5. The lowest BCUT2D eigenvalue weighted by Crippen LogP contribution is -2.51. The van der Waals surface area contributed by atoms with Gasteiger partial charge in [-0.3, -0.25) is 4.79 Å². The van der Waals surface area contributed by atoms with Gasteiger partial charge in [0.2, 0.25) is 5.91 Å². The molecule has 7 heteroatoms. The van der Waals surface area contributed by atoms with Crippen molar-refractivity contribution >= 4 is 5.91 Å². The number of carbonyl (C=O) groups is 1. The first-order valence-electron chi connectivity index (χ1n) is 11.6. The van der Waals surface area contributed by atoms with Gasteiger partial charge in [0.15, 0.2) is 0 Å². The third kappa shape index (κ3) is 10.2. The molecule has 7 atom stereocenters. The molecule has 0 unspecified atom stereocenters. The van der Waals surface area contributed by atoms with Gasteiger partial charge in [0, 0.05) is 18.5 Å². The molecule has 0 aromatic heterocycles. The molecule has 1 amide bonds. The van der Waals surface area contributed by atoms with Gasteiger partial charge in [-0.25, -0.2) is 0 Å². The Labute approximate surface area is 201 Å². The molecular formula is C27H37NO6. The average molecular weight is 472 g/mol. The van der Waals surface area contributed by atoms with E-state index in [-0.39, 0.29) is 24.8 Å². The second-order valence-corrected chi connectivity index (χ2v) is 8.66. The summed E-state index contributed by atoms with van der Waals surface area (Å²) in [5.74, 6) is -0.254. The van der Waals surface area contributed by atoms with Crippen LogP contribution >= 0.6 is 0 Å². The van der Waals surface area contributed by atoms with Crippen LogP contribution in [0.2, 0.25) is 0 Å². The summed E-state index contributed by atoms with van der Waals surface area (Å²) in [6.45, 7) is 3.74. The van der Waals surface area contributed by atoms with Gasteiger partial charge >= 0.3 is 0 Å². The molecular weight excluding hydrogens is 434 g/mol.